The molecule has 0 aromatic carbocycles. The molecule has 0 aliphatic heterocycles. The van der Waals surface area contributed by atoms with Crippen molar-refractivity contribution in [2.75, 3.05) is 6.61 Å². The lowest BCUT2D eigenvalue weighted by molar-refractivity contribution is 0.00955. The van der Waals surface area contributed by atoms with Crippen molar-refractivity contribution in [3.63, 3.8) is 0 Å². The fourth-order valence-corrected chi connectivity index (χ4v) is 3.83. The largest absolute Gasteiger partial charge is 0.378 e. The van der Waals surface area contributed by atoms with Crippen LogP contribution in [0.15, 0.2) is 12.2 Å². The van der Waals surface area contributed by atoms with Gasteiger partial charge in [-0.2, -0.15) is 0 Å². The first-order chi connectivity index (χ1) is 6.40. The van der Waals surface area contributed by atoms with E-state index in [1.54, 1.807) is 0 Å². The van der Waals surface area contributed by atoms with E-state index in [1.807, 2.05) is 0 Å². The summed E-state index contributed by atoms with van der Waals surface area (Å²) in [6, 6.07) is 0. The molecule has 1 radical (unpaired) electrons. The second kappa shape index (κ2) is 2.84. The highest BCUT2D eigenvalue weighted by molar-refractivity contribution is 5.14. The van der Waals surface area contributed by atoms with E-state index in [2.05, 4.69) is 19.1 Å². The Bertz CT molecular complexity index is 233. The average molecular weight is 177 g/mol. The van der Waals surface area contributed by atoms with E-state index in [1.165, 1.54) is 19.3 Å². The molecule has 1 heteroatoms. The van der Waals surface area contributed by atoms with Crippen LogP contribution in [0.5, 0.6) is 0 Å². The van der Waals surface area contributed by atoms with Gasteiger partial charge in [-0.25, -0.2) is 0 Å². The van der Waals surface area contributed by atoms with Crippen molar-refractivity contribution in [3.8, 4) is 0 Å². The normalized spacial score (nSPS) is 51.6. The molecular formula is C12H17O. The Hall–Kier alpha value is -0.300. The van der Waals surface area contributed by atoms with Crippen LogP contribution in [-0.2, 0) is 4.74 Å². The van der Waals surface area contributed by atoms with E-state index in [-0.39, 0.29) is 0 Å². The minimum Gasteiger partial charge on any atom is -0.378 e. The zero-order valence-corrected chi connectivity index (χ0v) is 7.99. The molecule has 13 heavy (non-hydrogen) atoms. The standard InChI is InChI=1S/C12H17O/c1-2-13-12-7-8-6-11(12)10-5-3-4-9(8)10/h3,5,8-12H,1-2,4,6-7H2. The van der Waals surface area contributed by atoms with Gasteiger partial charge in [-0.15, -0.1) is 0 Å². The first kappa shape index (κ1) is 8.05. The fourth-order valence-electron chi connectivity index (χ4n) is 3.83. The lowest BCUT2D eigenvalue weighted by atomic mass is 9.80. The van der Waals surface area contributed by atoms with Gasteiger partial charge in [0.25, 0.3) is 0 Å². The highest BCUT2D eigenvalue weighted by Gasteiger charge is 2.52. The van der Waals surface area contributed by atoms with Gasteiger partial charge in [0.2, 0.25) is 0 Å². The zero-order valence-electron chi connectivity index (χ0n) is 7.99. The average Bonchev–Trinajstić information content (AvgIpc) is 2.72. The molecule has 0 spiro atoms. The maximum Gasteiger partial charge on any atom is 0.0611 e. The SMILES string of the molecule is [CH2]COC1CC2CC1C1C=CCC21. The molecule has 2 saturated carbocycles. The van der Waals surface area contributed by atoms with Crippen LogP contribution in [0.3, 0.4) is 0 Å². The summed E-state index contributed by atoms with van der Waals surface area (Å²) in [5.41, 5.74) is 0. The third kappa shape index (κ3) is 1.03. The number of ether oxygens (including phenoxy) is 1. The predicted molar refractivity (Wildman–Crippen MR) is 52.0 cm³/mol. The van der Waals surface area contributed by atoms with Crippen molar-refractivity contribution in [3.05, 3.63) is 19.1 Å². The van der Waals surface area contributed by atoms with Crippen molar-refractivity contribution in [1.29, 1.82) is 0 Å². The van der Waals surface area contributed by atoms with Gasteiger partial charge in [0.15, 0.2) is 0 Å². The molecule has 0 amide bonds. The second-order valence-electron chi connectivity index (χ2n) is 4.71. The topological polar surface area (TPSA) is 9.23 Å². The molecule has 1 nitrogen and oxygen atoms in total. The summed E-state index contributed by atoms with van der Waals surface area (Å²) < 4.78 is 5.70. The van der Waals surface area contributed by atoms with Crippen molar-refractivity contribution in [2.24, 2.45) is 23.7 Å². The van der Waals surface area contributed by atoms with Crippen molar-refractivity contribution >= 4 is 0 Å². The lowest BCUT2D eigenvalue weighted by Gasteiger charge is -2.30. The number of hydrogen-bond donors (Lipinski definition) is 0. The Kier molecular flexibility index (Phi) is 1.76. The first-order valence-electron chi connectivity index (χ1n) is 5.47. The van der Waals surface area contributed by atoms with Gasteiger partial charge in [-0.3, -0.25) is 0 Å². The maximum absolute atomic E-state index is 5.70. The summed E-state index contributed by atoms with van der Waals surface area (Å²) in [5, 5.41) is 0. The number of allylic oxidation sites excluding steroid dienone is 2. The Morgan fingerprint density at radius 2 is 2.23 bits per heavy atom. The van der Waals surface area contributed by atoms with Crippen LogP contribution in [-0.4, -0.2) is 12.7 Å². The minimum atomic E-state index is 0.534. The van der Waals surface area contributed by atoms with Gasteiger partial charge in [-0.1, -0.05) is 12.2 Å². The zero-order chi connectivity index (χ0) is 8.84. The van der Waals surface area contributed by atoms with Crippen molar-refractivity contribution in [1.82, 2.24) is 0 Å². The molecule has 0 saturated heterocycles. The molecule has 5 atom stereocenters. The van der Waals surface area contributed by atoms with Gasteiger partial charge in [0, 0.05) is 6.61 Å². The van der Waals surface area contributed by atoms with Gasteiger partial charge in [0.05, 0.1) is 6.10 Å². The minimum absolute atomic E-state index is 0.534. The number of fused-ring (bicyclic) bond motifs is 5. The summed E-state index contributed by atoms with van der Waals surface area (Å²) in [6.07, 6.45) is 9.41. The quantitative estimate of drug-likeness (QED) is 0.589. The Labute approximate surface area is 80.2 Å². The first-order valence-corrected chi connectivity index (χ1v) is 5.47. The lowest BCUT2D eigenvalue weighted by Crippen LogP contribution is -2.30. The Morgan fingerprint density at radius 1 is 1.31 bits per heavy atom. The molecule has 3 aliphatic rings. The third-order valence-electron chi connectivity index (χ3n) is 4.28. The van der Waals surface area contributed by atoms with Crippen LogP contribution in [0.4, 0.5) is 0 Å². The third-order valence-corrected chi connectivity index (χ3v) is 4.28. The number of hydrogen-bond acceptors (Lipinski definition) is 1. The Morgan fingerprint density at radius 3 is 3.08 bits per heavy atom. The van der Waals surface area contributed by atoms with Crippen LogP contribution in [0.2, 0.25) is 0 Å². The van der Waals surface area contributed by atoms with E-state index in [9.17, 15) is 0 Å². The molecule has 2 fully saturated rings. The van der Waals surface area contributed by atoms with E-state index in [0.29, 0.717) is 12.7 Å². The predicted octanol–water partition coefficient (Wildman–Crippen LogP) is 2.44. The fraction of sp³-hybridized carbons (Fsp3) is 0.750. The van der Waals surface area contributed by atoms with Crippen molar-refractivity contribution in [2.45, 2.75) is 25.4 Å². The van der Waals surface area contributed by atoms with Gasteiger partial charge in [-0.05, 0) is 49.9 Å². The molecule has 0 N–H and O–H groups in total. The van der Waals surface area contributed by atoms with Gasteiger partial charge < -0.3 is 4.74 Å². The summed E-state index contributed by atoms with van der Waals surface area (Å²) in [7, 11) is 0. The van der Waals surface area contributed by atoms with Crippen LogP contribution >= 0.6 is 0 Å². The van der Waals surface area contributed by atoms with Crippen LogP contribution in [0.1, 0.15) is 19.3 Å². The van der Waals surface area contributed by atoms with E-state index < -0.39 is 0 Å². The van der Waals surface area contributed by atoms with E-state index in [4.69, 9.17) is 4.74 Å². The summed E-state index contributed by atoms with van der Waals surface area (Å²) in [6.45, 7) is 4.43. The molecule has 3 aliphatic carbocycles. The molecule has 5 unspecified atom stereocenters. The summed E-state index contributed by atoms with van der Waals surface area (Å²) >= 11 is 0. The van der Waals surface area contributed by atoms with Gasteiger partial charge in [0.1, 0.15) is 0 Å². The van der Waals surface area contributed by atoms with Gasteiger partial charge >= 0.3 is 0 Å². The molecule has 0 aromatic rings. The molecule has 0 heterocycles. The van der Waals surface area contributed by atoms with E-state index >= 15 is 0 Å². The smallest absolute Gasteiger partial charge is 0.0611 e. The highest BCUT2D eigenvalue weighted by Crippen LogP contribution is 2.57. The second-order valence-corrected chi connectivity index (χ2v) is 4.71. The van der Waals surface area contributed by atoms with Crippen molar-refractivity contribution < 1.29 is 4.74 Å². The summed E-state index contributed by atoms with van der Waals surface area (Å²) in [4.78, 5) is 0. The maximum atomic E-state index is 5.70. The highest BCUT2D eigenvalue weighted by atomic mass is 16.5. The number of rotatable bonds is 2. The molecule has 0 aromatic heterocycles. The van der Waals surface area contributed by atoms with Crippen LogP contribution in [0.25, 0.3) is 0 Å². The summed E-state index contributed by atoms with van der Waals surface area (Å²) in [5.74, 6) is 3.63. The van der Waals surface area contributed by atoms with E-state index in [0.717, 1.165) is 23.7 Å². The molecule has 2 bridgehead atoms. The molecular weight excluding hydrogens is 160 g/mol. The molecule has 71 valence electrons. The molecule has 3 rings (SSSR count). The monoisotopic (exact) mass is 177 g/mol. The van der Waals surface area contributed by atoms with Crippen LogP contribution in [0, 0.1) is 30.6 Å². The Balaban J connectivity index is 1.77. The van der Waals surface area contributed by atoms with Crippen LogP contribution < -0.4 is 0 Å².